The van der Waals surface area contributed by atoms with Crippen molar-refractivity contribution >= 4 is 16.2 Å². The third-order valence-electron chi connectivity index (χ3n) is 2.32. The average molecular weight is 252 g/mol. The summed E-state index contributed by atoms with van der Waals surface area (Å²) in [6.07, 6.45) is 1.50. The molecule has 0 atom stereocenters. The van der Waals surface area contributed by atoms with Crippen molar-refractivity contribution in [3.63, 3.8) is 0 Å². The first kappa shape index (κ1) is 13.4. The molecule has 0 aliphatic carbocycles. The van der Waals surface area contributed by atoms with Gasteiger partial charge >= 0.3 is 0 Å². The highest BCUT2D eigenvalue weighted by Crippen LogP contribution is 2.18. The van der Waals surface area contributed by atoms with E-state index in [0.717, 1.165) is 9.87 Å². The number of aryl methyl sites for hydroxylation is 1. The molecule has 0 fully saturated rings. The monoisotopic (exact) mass is 252 g/mol. The summed E-state index contributed by atoms with van der Waals surface area (Å²) in [4.78, 5) is 4.10. The van der Waals surface area contributed by atoms with Crippen molar-refractivity contribution < 1.29 is 8.42 Å². The predicted molar refractivity (Wildman–Crippen MR) is 69.4 cm³/mol. The molecule has 1 aromatic rings. The molecule has 0 radical (unpaired) electrons. The lowest BCUT2D eigenvalue weighted by atomic mass is 10.2. The first-order chi connectivity index (χ1) is 7.89. The van der Waals surface area contributed by atoms with Gasteiger partial charge in [-0.1, -0.05) is 24.3 Å². The van der Waals surface area contributed by atoms with Crippen LogP contribution in [-0.4, -0.2) is 26.0 Å². The summed E-state index contributed by atoms with van der Waals surface area (Å²) in [6, 6.07) is 6.66. The van der Waals surface area contributed by atoms with Crippen LogP contribution in [0.3, 0.4) is 0 Å². The Hall–Kier alpha value is -1.62. The minimum absolute atomic E-state index is 0.188. The molecular formula is C12H16N2O2S. The first-order valence-electron chi connectivity index (χ1n) is 5.12. The van der Waals surface area contributed by atoms with Crippen LogP contribution in [-0.2, 0) is 10.0 Å². The van der Waals surface area contributed by atoms with Crippen molar-refractivity contribution in [3.8, 4) is 0 Å². The van der Waals surface area contributed by atoms with Gasteiger partial charge in [0.15, 0.2) is 0 Å². The number of aliphatic imine (C=N–C) groups is 1. The van der Waals surface area contributed by atoms with Gasteiger partial charge in [-0.15, -0.1) is 0 Å². The summed E-state index contributed by atoms with van der Waals surface area (Å²) in [6.45, 7) is 7.21. The van der Waals surface area contributed by atoms with E-state index in [1.165, 1.54) is 13.3 Å². The van der Waals surface area contributed by atoms with Gasteiger partial charge in [0.05, 0.1) is 4.90 Å². The molecule has 0 unspecified atom stereocenters. The Labute approximate surface area is 102 Å². The number of rotatable bonds is 4. The molecule has 0 amide bonds. The van der Waals surface area contributed by atoms with Crippen molar-refractivity contribution in [2.45, 2.75) is 18.7 Å². The Kier molecular flexibility index (Phi) is 4.07. The molecule has 0 bridgehead atoms. The lowest BCUT2D eigenvalue weighted by Gasteiger charge is -2.18. The molecule has 4 nitrogen and oxygen atoms in total. The summed E-state index contributed by atoms with van der Waals surface area (Å²) in [5.41, 5.74) is 1.01. The molecule has 0 aliphatic heterocycles. The topological polar surface area (TPSA) is 49.7 Å². The van der Waals surface area contributed by atoms with E-state index in [0.29, 0.717) is 0 Å². The summed E-state index contributed by atoms with van der Waals surface area (Å²) in [5.74, 6) is 0.188. The van der Waals surface area contributed by atoms with Gasteiger partial charge in [-0.25, -0.2) is 13.4 Å². The Balaban J connectivity index is 3.11. The van der Waals surface area contributed by atoms with E-state index >= 15 is 0 Å². The largest absolute Gasteiger partial charge is 0.265 e. The second kappa shape index (κ2) is 5.14. The third-order valence-corrected chi connectivity index (χ3v) is 4.12. The van der Waals surface area contributed by atoms with Crippen molar-refractivity contribution in [1.29, 1.82) is 0 Å². The predicted octanol–water partition coefficient (Wildman–Crippen LogP) is 2.18. The first-order valence-corrected chi connectivity index (χ1v) is 6.56. The van der Waals surface area contributed by atoms with Crippen LogP contribution >= 0.6 is 0 Å². The van der Waals surface area contributed by atoms with Gasteiger partial charge in [0.2, 0.25) is 0 Å². The van der Waals surface area contributed by atoms with Gasteiger partial charge in [-0.2, -0.15) is 0 Å². The van der Waals surface area contributed by atoms with Crippen LogP contribution in [0.2, 0.25) is 0 Å². The van der Waals surface area contributed by atoms with Crippen LogP contribution in [0.25, 0.3) is 0 Å². The number of hydrogen-bond donors (Lipinski definition) is 0. The summed E-state index contributed by atoms with van der Waals surface area (Å²) in [5, 5.41) is 0. The van der Waals surface area contributed by atoms with Crippen LogP contribution in [0, 0.1) is 6.92 Å². The molecule has 1 rings (SSSR count). The molecule has 0 spiro atoms. The fourth-order valence-corrected chi connectivity index (χ4v) is 2.36. The number of nitrogens with zero attached hydrogens (tertiary/aromatic N) is 2. The Bertz CT molecular complexity index is 530. The van der Waals surface area contributed by atoms with E-state index in [9.17, 15) is 8.42 Å². The zero-order chi connectivity index (χ0) is 13.1. The number of hydrogen-bond acceptors (Lipinski definition) is 3. The van der Waals surface area contributed by atoms with Crippen molar-refractivity contribution in [2.24, 2.45) is 4.99 Å². The van der Waals surface area contributed by atoms with Gasteiger partial charge in [0, 0.05) is 13.3 Å². The van der Waals surface area contributed by atoms with Crippen molar-refractivity contribution in [2.75, 3.05) is 7.05 Å². The fraction of sp³-hybridized carbons (Fsp3) is 0.250. The zero-order valence-electron chi connectivity index (χ0n) is 10.2. The van der Waals surface area contributed by atoms with Crippen molar-refractivity contribution in [3.05, 3.63) is 42.2 Å². The Morgan fingerprint density at radius 2 is 1.88 bits per heavy atom. The quantitative estimate of drug-likeness (QED) is 0.771. The average Bonchev–Trinajstić information content (AvgIpc) is 2.29. The van der Waals surface area contributed by atoms with E-state index in [1.807, 2.05) is 6.92 Å². The number of benzene rings is 1. The SMILES string of the molecule is C=C(/N=C/C)N(C)S(=O)(=O)c1ccc(C)cc1. The molecule has 0 aliphatic rings. The highest BCUT2D eigenvalue weighted by Gasteiger charge is 2.21. The highest BCUT2D eigenvalue weighted by atomic mass is 32.2. The van der Waals surface area contributed by atoms with Gasteiger partial charge in [0.1, 0.15) is 5.82 Å². The van der Waals surface area contributed by atoms with E-state index in [2.05, 4.69) is 11.6 Å². The maximum atomic E-state index is 12.2. The molecule has 0 saturated heterocycles. The molecular weight excluding hydrogens is 236 g/mol. The smallest absolute Gasteiger partial charge is 0.253 e. The van der Waals surface area contributed by atoms with E-state index in [4.69, 9.17) is 0 Å². The lowest BCUT2D eigenvalue weighted by molar-refractivity contribution is 0.522. The van der Waals surface area contributed by atoms with Crippen LogP contribution in [0.5, 0.6) is 0 Å². The maximum Gasteiger partial charge on any atom is 0.265 e. The van der Waals surface area contributed by atoms with Gasteiger partial charge in [-0.3, -0.25) is 4.31 Å². The molecule has 0 heterocycles. The van der Waals surface area contributed by atoms with Crippen molar-refractivity contribution in [1.82, 2.24) is 4.31 Å². The van der Waals surface area contributed by atoms with Crippen LogP contribution in [0.15, 0.2) is 46.6 Å². The number of sulfonamides is 1. The minimum atomic E-state index is -3.56. The molecule has 0 aromatic heterocycles. The standard InChI is InChI=1S/C12H16N2O2S/c1-5-13-11(3)14(4)17(15,16)12-8-6-10(2)7-9-12/h5-9H,3H2,1-2,4H3/b13-5+. The lowest BCUT2D eigenvalue weighted by Crippen LogP contribution is -2.25. The van der Waals surface area contributed by atoms with Crippen LogP contribution in [0.4, 0.5) is 0 Å². The Morgan fingerprint density at radius 3 is 2.35 bits per heavy atom. The maximum absolute atomic E-state index is 12.2. The van der Waals surface area contributed by atoms with E-state index in [-0.39, 0.29) is 10.7 Å². The Morgan fingerprint density at radius 1 is 1.35 bits per heavy atom. The van der Waals surface area contributed by atoms with Gasteiger partial charge < -0.3 is 0 Å². The van der Waals surface area contributed by atoms with E-state index < -0.39 is 10.0 Å². The molecule has 92 valence electrons. The molecule has 5 heteroatoms. The molecule has 1 aromatic carbocycles. The van der Waals surface area contributed by atoms with Gasteiger partial charge in [-0.05, 0) is 26.0 Å². The third kappa shape index (κ3) is 2.94. The van der Waals surface area contributed by atoms with Gasteiger partial charge in [0.25, 0.3) is 10.0 Å². The second-order valence-corrected chi connectivity index (χ2v) is 5.56. The highest BCUT2D eigenvalue weighted by molar-refractivity contribution is 7.89. The summed E-state index contributed by atoms with van der Waals surface area (Å²) >= 11 is 0. The zero-order valence-corrected chi connectivity index (χ0v) is 11.0. The summed E-state index contributed by atoms with van der Waals surface area (Å²) < 4.78 is 25.4. The van der Waals surface area contributed by atoms with E-state index in [1.54, 1.807) is 31.2 Å². The molecule has 0 N–H and O–H groups in total. The van der Waals surface area contributed by atoms with Crippen LogP contribution < -0.4 is 0 Å². The summed E-state index contributed by atoms with van der Waals surface area (Å²) in [7, 11) is -2.12. The molecule has 0 saturated carbocycles. The second-order valence-electron chi connectivity index (χ2n) is 3.59. The molecule has 17 heavy (non-hydrogen) atoms. The minimum Gasteiger partial charge on any atom is -0.253 e. The van der Waals surface area contributed by atoms with Crippen LogP contribution in [0.1, 0.15) is 12.5 Å². The fourth-order valence-electron chi connectivity index (χ4n) is 1.24. The normalized spacial score (nSPS) is 11.7.